The summed E-state index contributed by atoms with van der Waals surface area (Å²) >= 11 is 0. The fraction of sp³-hybridized carbons (Fsp3) is 0.0588. The van der Waals surface area contributed by atoms with Crippen LogP contribution >= 0.6 is 0 Å². The summed E-state index contributed by atoms with van der Waals surface area (Å²) in [5.41, 5.74) is 1.47. The van der Waals surface area contributed by atoms with E-state index in [1.54, 1.807) is 6.20 Å². The molecule has 0 unspecified atom stereocenters. The predicted molar refractivity (Wildman–Crippen MR) is 86.3 cm³/mol. The second-order valence-electron chi connectivity index (χ2n) is 5.40. The van der Waals surface area contributed by atoms with Gasteiger partial charge in [-0.1, -0.05) is 12.1 Å². The fourth-order valence-corrected chi connectivity index (χ4v) is 2.43. The number of aromatic nitrogens is 3. The largest absolute Gasteiger partial charge is 0.423 e. The van der Waals surface area contributed by atoms with Gasteiger partial charge < -0.3 is 9.73 Å². The molecule has 0 fully saturated rings. The second kappa shape index (κ2) is 5.66. The molecule has 0 bridgehead atoms. The molecule has 0 radical (unpaired) electrons. The molecule has 0 saturated heterocycles. The highest BCUT2D eigenvalue weighted by molar-refractivity contribution is 5.82. The van der Waals surface area contributed by atoms with Crippen molar-refractivity contribution in [2.75, 3.05) is 5.32 Å². The van der Waals surface area contributed by atoms with Crippen LogP contribution in [-0.2, 0) is 6.18 Å². The molecular formula is C17H11F3N4O. The van der Waals surface area contributed by atoms with Crippen molar-refractivity contribution in [2.45, 2.75) is 6.18 Å². The Morgan fingerprint density at radius 2 is 1.80 bits per heavy atom. The molecule has 0 amide bonds. The van der Waals surface area contributed by atoms with Crippen LogP contribution < -0.4 is 5.32 Å². The summed E-state index contributed by atoms with van der Waals surface area (Å²) in [6.07, 6.45) is -1.20. The van der Waals surface area contributed by atoms with Gasteiger partial charge in [-0.25, -0.2) is 4.98 Å². The summed E-state index contributed by atoms with van der Waals surface area (Å²) in [6.45, 7) is 0. The topological polar surface area (TPSA) is 66.7 Å². The van der Waals surface area contributed by atoms with Crippen LogP contribution in [-0.4, -0.2) is 15.2 Å². The quantitative estimate of drug-likeness (QED) is 0.550. The Morgan fingerprint density at radius 1 is 1.00 bits per heavy atom. The van der Waals surface area contributed by atoms with Crippen LogP contribution in [0.2, 0.25) is 0 Å². The minimum absolute atomic E-state index is 0.248. The third-order valence-corrected chi connectivity index (χ3v) is 3.69. The molecule has 2 aromatic carbocycles. The molecule has 4 rings (SSSR count). The third kappa shape index (κ3) is 3.06. The van der Waals surface area contributed by atoms with Crippen molar-refractivity contribution in [3.05, 3.63) is 60.4 Å². The van der Waals surface area contributed by atoms with E-state index >= 15 is 0 Å². The zero-order chi connectivity index (χ0) is 17.4. The van der Waals surface area contributed by atoms with Crippen LogP contribution in [0.5, 0.6) is 0 Å². The number of nitrogens with zero attached hydrogens (tertiary/aromatic N) is 2. The number of H-pyrrole nitrogens is 1. The first-order chi connectivity index (χ1) is 12.0. The van der Waals surface area contributed by atoms with E-state index in [0.29, 0.717) is 11.3 Å². The van der Waals surface area contributed by atoms with E-state index in [0.717, 1.165) is 28.7 Å². The summed E-state index contributed by atoms with van der Waals surface area (Å²) in [7, 11) is 0. The maximum absolute atomic E-state index is 12.6. The number of oxazole rings is 1. The van der Waals surface area contributed by atoms with Crippen LogP contribution in [0.15, 0.2) is 59.3 Å². The SMILES string of the molecule is FC(F)(F)c1ccc(-c2cnc(Nc3ccc4[nH]ncc4c3)o2)cc1. The first-order valence-corrected chi connectivity index (χ1v) is 7.33. The van der Waals surface area contributed by atoms with Gasteiger partial charge in [-0.2, -0.15) is 18.3 Å². The number of rotatable bonds is 3. The lowest BCUT2D eigenvalue weighted by Gasteiger charge is -2.06. The minimum Gasteiger partial charge on any atom is -0.423 e. The molecule has 0 spiro atoms. The van der Waals surface area contributed by atoms with Crippen molar-refractivity contribution in [2.24, 2.45) is 0 Å². The number of fused-ring (bicyclic) bond motifs is 1. The Kier molecular flexibility index (Phi) is 3.45. The molecular weight excluding hydrogens is 333 g/mol. The monoisotopic (exact) mass is 344 g/mol. The maximum atomic E-state index is 12.6. The smallest absolute Gasteiger partial charge is 0.416 e. The fourth-order valence-electron chi connectivity index (χ4n) is 2.43. The normalized spacial score (nSPS) is 11.8. The zero-order valence-corrected chi connectivity index (χ0v) is 12.6. The Labute approximate surface area is 139 Å². The van der Waals surface area contributed by atoms with Gasteiger partial charge in [0.05, 0.1) is 23.5 Å². The molecule has 5 nitrogen and oxygen atoms in total. The van der Waals surface area contributed by atoms with Gasteiger partial charge in [0.1, 0.15) is 0 Å². The lowest BCUT2D eigenvalue weighted by atomic mass is 10.1. The number of benzene rings is 2. The predicted octanol–water partition coefficient (Wildman–Crippen LogP) is 4.98. The van der Waals surface area contributed by atoms with Crippen LogP contribution in [0.25, 0.3) is 22.2 Å². The highest BCUT2D eigenvalue weighted by Gasteiger charge is 2.30. The number of alkyl halides is 3. The molecule has 0 saturated carbocycles. The average Bonchev–Trinajstić information content (AvgIpc) is 3.23. The summed E-state index contributed by atoms with van der Waals surface area (Å²) < 4.78 is 43.4. The molecule has 25 heavy (non-hydrogen) atoms. The number of aromatic amines is 1. The van der Waals surface area contributed by atoms with E-state index in [9.17, 15) is 13.2 Å². The van der Waals surface area contributed by atoms with Gasteiger partial charge in [-0.05, 0) is 30.3 Å². The number of nitrogens with one attached hydrogen (secondary N) is 2. The van der Waals surface area contributed by atoms with Crippen LogP contribution in [0, 0.1) is 0 Å². The number of hydrogen-bond donors (Lipinski definition) is 2. The zero-order valence-electron chi connectivity index (χ0n) is 12.6. The Hall–Kier alpha value is -3.29. The van der Waals surface area contributed by atoms with E-state index in [2.05, 4.69) is 20.5 Å². The van der Waals surface area contributed by atoms with E-state index in [4.69, 9.17) is 4.42 Å². The number of anilines is 2. The molecule has 2 aromatic heterocycles. The molecule has 4 aromatic rings. The average molecular weight is 344 g/mol. The second-order valence-corrected chi connectivity index (χ2v) is 5.40. The number of halogens is 3. The third-order valence-electron chi connectivity index (χ3n) is 3.69. The van der Waals surface area contributed by atoms with Crippen molar-refractivity contribution >= 4 is 22.6 Å². The summed E-state index contributed by atoms with van der Waals surface area (Å²) in [5.74, 6) is 0.376. The molecule has 0 atom stereocenters. The summed E-state index contributed by atoms with van der Waals surface area (Å²) in [5, 5.41) is 10.7. The number of hydrogen-bond acceptors (Lipinski definition) is 4. The van der Waals surface area contributed by atoms with Crippen LogP contribution in [0.3, 0.4) is 0 Å². The molecule has 0 aliphatic carbocycles. The van der Waals surface area contributed by atoms with Gasteiger partial charge in [-0.15, -0.1) is 0 Å². The van der Waals surface area contributed by atoms with Crippen molar-refractivity contribution < 1.29 is 17.6 Å². The van der Waals surface area contributed by atoms with E-state index in [1.807, 2.05) is 18.2 Å². The standard InChI is InChI=1S/C17H11F3N4O/c18-17(19,20)12-3-1-10(2-4-12)15-9-21-16(25-15)23-13-5-6-14-11(7-13)8-22-24-14/h1-9H,(H,21,23)(H,22,24). The van der Waals surface area contributed by atoms with Gasteiger partial charge in [0.2, 0.25) is 0 Å². The molecule has 2 heterocycles. The Bertz CT molecular complexity index is 1020. The van der Waals surface area contributed by atoms with Crippen LogP contribution in [0.1, 0.15) is 5.56 Å². The lowest BCUT2D eigenvalue weighted by Crippen LogP contribution is -2.03. The molecule has 2 N–H and O–H groups in total. The summed E-state index contributed by atoms with van der Waals surface area (Å²) in [6, 6.07) is 10.6. The van der Waals surface area contributed by atoms with Gasteiger partial charge in [0, 0.05) is 16.6 Å². The molecule has 0 aliphatic rings. The van der Waals surface area contributed by atoms with Crippen LogP contribution in [0.4, 0.5) is 24.9 Å². The van der Waals surface area contributed by atoms with E-state index in [1.165, 1.54) is 18.3 Å². The van der Waals surface area contributed by atoms with E-state index in [-0.39, 0.29) is 6.01 Å². The van der Waals surface area contributed by atoms with Gasteiger partial charge in [0.15, 0.2) is 5.76 Å². The first kappa shape index (κ1) is 15.3. The van der Waals surface area contributed by atoms with Gasteiger partial charge >= 0.3 is 6.18 Å². The Morgan fingerprint density at radius 3 is 2.56 bits per heavy atom. The molecule has 0 aliphatic heterocycles. The Balaban J connectivity index is 1.55. The van der Waals surface area contributed by atoms with Crippen molar-refractivity contribution in [1.82, 2.24) is 15.2 Å². The van der Waals surface area contributed by atoms with Crippen molar-refractivity contribution in [3.63, 3.8) is 0 Å². The van der Waals surface area contributed by atoms with E-state index < -0.39 is 11.7 Å². The highest BCUT2D eigenvalue weighted by atomic mass is 19.4. The molecule has 8 heteroatoms. The lowest BCUT2D eigenvalue weighted by molar-refractivity contribution is -0.137. The minimum atomic E-state index is -4.36. The summed E-state index contributed by atoms with van der Waals surface area (Å²) in [4.78, 5) is 4.10. The van der Waals surface area contributed by atoms with Crippen molar-refractivity contribution in [1.29, 1.82) is 0 Å². The highest BCUT2D eigenvalue weighted by Crippen LogP contribution is 2.31. The maximum Gasteiger partial charge on any atom is 0.416 e. The van der Waals surface area contributed by atoms with Gasteiger partial charge in [0.25, 0.3) is 6.01 Å². The van der Waals surface area contributed by atoms with Crippen molar-refractivity contribution in [3.8, 4) is 11.3 Å². The van der Waals surface area contributed by atoms with Gasteiger partial charge in [-0.3, -0.25) is 5.10 Å². The first-order valence-electron chi connectivity index (χ1n) is 7.33. The molecule has 126 valence electrons.